The smallest absolute Gasteiger partial charge is 0.254 e. The lowest BCUT2D eigenvalue weighted by Crippen LogP contribution is -2.46. The van der Waals surface area contributed by atoms with Crippen molar-refractivity contribution in [2.24, 2.45) is 0 Å². The molecule has 0 spiro atoms. The molecule has 5 heteroatoms. The number of benzene rings is 2. The van der Waals surface area contributed by atoms with E-state index in [0.717, 1.165) is 76.4 Å². The van der Waals surface area contributed by atoms with E-state index in [1.165, 1.54) is 11.3 Å². The summed E-state index contributed by atoms with van der Waals surface area (Å²) in [5.74, 6) is 1.12. The number of hydrogen-bond acceptors (Lipinski definition) is 4. The molecule has 0 saturated carbocycles. The Bertz CT molecular complexity index is 830. The highest BCUT2D eigenvalue weighted by molar-refractivity contribution is 5.96. The number of methoxy groups -OCH3 is 1. The third-order valence-electron chi connectivity index (χ3n) is 6.13. The van der Waals surface area contributed by atoms with Gasteiger partial charge in [0.25, 0.3) is 5.91 Å². The van der Waals surface area contributed by atoms with E-state index >= 15 is 0 Å². The van der Waals surface area contributed by atoms with E-state index in [9.17, 15) is 4.79 Å². The zero-order valence-electron chi connectivity index (χ0n) is 17.3. The molecule has 0 aliphatic carbocycles. The number of amides is 1. The third kappa shape index (κ3) is 4.73. The van der Waals surface area contributed by atoms with Crippen LogP contribution in [0.4, 0.5) is 5.69 Å². The van der Waals surface area contributed by atoms with Crippen LogP contribution in [-0.4, -0.2) is 68.6 Å². The van der Waals surface area contributed by atoms with Gasteiger partial charge in [-0.3, -0.25) is 9.69 Å². The summed E-state index contributed by atoms with van der Waals surface area (Å²) in [5, 5.41) is 0. The van der Waals surface area contributed by atoms with Gasteiger partial charge in [-0.15, -0.1) is 0 Å². The molecule has 0 atom stereocenters. The predicted octanol–water partition coefficient (Wildman–Crippen LogP) is 3.30. The molecular formula is C24H31N3O2. The van der Waals surface area contributed by atoms with E-state index in [2.05, 4.69) is 34.1 Å². The molecule has 0 radical (unpaired) electrons. The van der Waals surface area contributed by atoms with Gasteiger partial charge in [-0.05, 0) is 49.6 Å². The van der Waals surface area contributed by atoms with Gasteiger partial charge >= 0.3 is 0 Å². The highest BCUT2D eigenvalue weighted by Gasteiger charge is 2.23. The Morgan fingerprint density at radius 2 is 1.69 bits per heavy atom. The van der Waals surface area contributed by atoms with Crippen molar-refractivity contribution in [1.29, 1.82) is 0 Å². The number of anilines is 1. The van der Waals surface area contributed by atoms with Crippen molar-refractivity contribution in [1.82, 2.24) is 9.80 Å². The Kier molecular flexibility index (Phi) is 6.35. The van der Waals surface area contributed by atoms with Gasteiger partial charge in [0, 0.05) is 56.6 Å². The highest BCUT2D eigenvalue weighted by atomic mass is 16.5. The molecule has 0 bridgehead atoms. The number of unbranched alkanes of at least 4 members (excludes halogenated alkanes) is 1. The summed E-state index contributed by atoms with van der Waals surface area (Å²) in [5.41, 5.74) is 3.34. The lowest BCUT2D eigenvalue weighted by Gasteiger charge is -2.36. The maximum absolute atomic E-state index is 12.6. The molecule has 5 nitrogen and oxygen atoms in total. The molecule has 2 aromatic rings. The van der Waals surface area contributed by atoms with Crippen molar-refractivity contribution in [2.45, 2.75) is 19.3 Å². The minimum absolute atomic E-state index is 0.207. The maximum Gasteiger partial charge on any atom is 0.254 e. The number of rotatable bonds is 7. The van der Waals surface area contributed by atoms with Crippen molar-refractivity contribution < 1.29 is 9.53 Å². The summed E-state index contributed by atoms with van der Waals surface area (Å²) in [6.45, 7) is 7.13. The highest BCUT2D eigenvalue weighted by Crippen LogP contribution is 2.22. The van der Waals surface area contributed by atoms with Gasteiger partial charge in [0.1, 0.15) is 5.75 Å². The van der Waals surface area contributed by atoms with E-state index in [1.807, 2.05) is 29.2 Å². The molecule has 29 heavy (non-hydrogen) atoms. The summed E-state index contributed by atoms with van der Waals surface area (Å²) in [4.78, 5) is 19.6. The van der Waals surface area contributed by atoms with Gasteiger partial charge in [0.2, 0.25) is 0 Å². The van der Waals surface area contributed by atoms with E-state index in [4.69, 9.17) is 4.74 Å². The Morgan fingerprint density at radius 3 is 2.52 bits per heavy atom. The van der Waals surface area contributed by atoms with E-state index in [0.29, 0.717) is 0 Å². The topological polar surface area (TPSA) is 36.0 Å². The second-order valence-electron chi connectivity index (χ2n) is 7.94. The van der Waals surface area contributed by atoms with E-state index in [1.54, 1.807) is 7.11 Å². The molecule has 154 valence electrons. The molecule has 0 unspecified atom stereocenters. The van der Waals surface area contributed by atoms with E-state index in [-0.39, 0.29) is 5.91 Å². The summed E-state index contributed by atoms with van der Waals surface area (Å²) >= 11 is 0. The molecule has 2 aliphatic rings. The molecule has 1 saturated heterocycles. The van der Waals surface area contributed by atoms with Gasteiger partial charge in [-0.2, -0.15) is 0 Å². The monoisotopic (exact) mass is 393 g/mol. The Hall–Kier alpha value is -2.53. The van der Waals surface area contributed by atoms with Crippen LogP contribution in [0.3, 0.4) is 0 Å². The number of piperazine rings is 1. The van der Waals surface area contributed by atoms with Gasteiger partial charge in [0.15, 0.2) is 0 Å². The second-order valence-corrected chi connectivity index (χ2v) is 7.94. The van der Waals surface area contributed by atoms with Crippen LogP contribution in [0, 0.1) is 0 Å². The van der Waals surface area contributed by atoms with Crippen LogP contribution in [0.2, 0.25) is 0 Å². The molecule has 2 aromatic carbocycles. The van der Waals surface area contributed by atoms with Gasteiger partial charge in [0.05, 0.1) is 7.11 Å². The summed E-state index contributed by atoms with van der Waals surface area (Å²) in [7, 11) is 1.72. The van der Waals surface area contributed by atoms with Crippen molar-refractivity contribution >= 4 is 11.6 Å². The number of hydrogen-bond donors (Lipinski definition) is 0. The molecule has 0 N–H and O–H groups in total. The molecule has 1 fully saturated rings. The third-order valence-corrected chi connectivity index (χ3v) is 6.13. The van der Waals surface area contributed by atoms with Crippen LogP contribution in [0.1, 0.15) is 28.8 Å². The van der Waals surface area contributed by atoms with Gasteiger partial charge < -0.3 is 14.5 Å². The molecule has 4 rings (SSSR count). The van der Waals surface area contributed by atoms with Crippen LogP contribution in [-0.2, 0) is 6.42 Å². The Labute approximate surface area is 173 Å². The SMILES string of the molecule is COc1cccc(N2CCN(CCCCN3CCc4ccccc4C3=O)CC2)c1. The molecule has 2 heterocycles. The minimum atomic E-state index is 0.207. The zero-order chi connectivity index (χ0) is 20.1. The Morgan fingerprint density at radius 1 is 0.897 bits per heavy atom. The molecular weight excluding hydrogens is 362 g/mol. The van der Waals surface area contributed by atoms with E-state index < -0.39 is 0 Å². The van der Waals surface area contributed by atoms with Crippen molar-refractivity contribution in [3.05, 3.63) is 59.7 Å². The molecule has 0 aromatic heterocycles. The van der Waals surface area contributed by atoms with Crippen LogP contribution in [0.5, 0.6) is 5.75 Å². The minimum Gasteiger partial charge on any atom is -0.497 e. The average Bonchev–Trinajstić information content (AvgIpc) is 2.78. The van der Waals surface area contributed by atoms with Crippen LogP contribution in [0.15, 0.2) is 48.5 Å². The fraction of sp³-hybridized carbons (Fsp3) is 0.458. The largest absolute Gasteiger partial charge is 0.497 e. The van der Waals surface area contributed by atoms with Crippen molar-refractivity contribution in [2.75, 3.05) is 57.8 Å². The first-order valence-electron chi connectivity index (χ1n) is 10.7. The first-order valence-corrected chi connectivity index (χ1v) is 10.7. The van der Waals surface area contributed by atoms with Gasteiger partial charge in [-0.1, -0.05) is 24.3 Å². The predicted molar refractivity (Wildman–Crippen MR) is 117 cm³/mol. The molecule has 1 amide bonds. The summed E-state index contributed by atoms with van der Waals surface area (Å²) in [6.07, 6.45) is 3.20. The quantitative estimate of drug-likeness (QED) is 0.677. The fourth-order valence-electron chi connectivity index (χ4n) is 4.36. The van der Waals surface area contributed by atoms with Crippen molar-refractivity contribution in [3.63, 3.8) is 0 Å². The van der Waals surface area contributed by atoms with Crippen LogP contribution < -0.4 is 9.64 Å². The lowest BCUT2D eigenvalue weighted by molar-refractivity contribution is 0.0735. The number of carbonyl (C=O) groups excluding carboxylic acids is 1. The maximum atomic E-state index is 12.6. The molecule has 2 aliphatic heterocycles. The standard InChI is InChI=1S/C24H31N3O2/c1-29-22-9-6-8-21(19-22)26-17-15-25(16-18-26)12-4-5-13-27-14-11-20-7-2-3-10-23(20)24(27)28/h2-3,6-10,19H,4-5,11-18H2,1H3. The normalized spacial score (nSPS) is 17.3. The number of ether oxygens (including phenoxy) is 1. The first-order chi connectivity index (χ1) is 14.2. The fourth-order valence-corrected chi connectivity index (χ4v) is 4.36. The average molecular weight is 394 g/mol. The summed E-state index contributed by atoms with van der Waals surface area (Å²) < 4.78 is 5.34. The number of nitrogens with zero attached hydrogens (tertiary/aromatic N) is 3. The number of carbonyl (C=O) groups is 1. The summed E-state index contributed by atoms with van der Waals surface area (Å²) in [6, 6.07) is 16.4. The van der Waals surface area contributed by atoms with Crippen molar-refractivity contribution in [3.8, 4) is 5.75 Å². The first kappa shape index (κ1) is 19.8. The van der Waals surface area contributed by atoms with Crippen LogP contribution in [0.25, 0.3) is 0 Å². The van der Waals surface area contributed by atoms with Gasteiger partial charge in [-0.25, -0.2) is 0 Å². The Balaban J connectivity index is 1.17. The number of fused-ring (bicyclic) bond motifs is 1. The van der Waals surface area contributed by atoms with Crippen LogP contribution >= 0.6 is 0 Å². The zero-order valence-corrected chi connectivity index (χ0v) is 17.3. The lowest BCUT2D eigenvalue weighted by atomic mass is 9.99. The second kappa shape index (κ2) is 9.31.